The van der Waals surface area contributed by atoms with Crippen LogP contribution in [-0.4, -0.2) is 27.8 Å². The maximum absolute atomic E-state index is 12.7. The SMILES string of the molecule is COC(=O)c1ccccc1-n1ncc(NC(C)c2ncc(C)s2)c(Cl)c1=O. The lowest BCUT2D eigenvalue weighted by atomic mass is 10.2. The van der Waals surface area contributed by atoms with Gasteiger partial charge in [0.25, 0.3) is 5.56 Å². The molecule has 0 spiro atoms. The number of thiazole rings is 1. The highest BCUT2D eigenvalue weighted by molar-refractivity contribution is 7.11. The molecule has 27 heavy (non-hydrogen) atoms. The summed E-state index contributed by atoms with van der Waals surface area (Å²) in [5.74, 6) is -0.564. The summed E-state index contributed by atoms with van der Waals surface area (Å²) in [5.41, 5.74) is 0.374. The number of aromatic nitrogens is 3. The third-order valence-corrected chi connectivity index (χ3v) is 5.30. The van der Waals surface area contributed by atoms with Crippen LogP contribution in [0, 0.1) is 6.92 Å². The van der Waals surface area contributed by atoms with Gasteiger partial charge in [0.2, 0.25) is 0 Å². The van der Waals surface area contributed by atoms with Gasteiger partial charge in [-0.15, -0.1) is 11.3 Å². The summed E-state index contributed by atoms with van der Waals surface area (Å²) in [6, 6.07) is 6.40. The number of aryl methyl sites for hydroxylation is 1. The number of halogens is 1. The second-order valence-corrected chi connectivity index (χ2v) is 7.42. The van der Waals surface area contributed by atoms with Crippen LogP contribution in [0.5, 0.6) is 0 Å². The van der Waals surface area contributed by atoms with Gasteiger partial charge in [-0.1, -0.05) is 23.7 Å². The first-order chi connectivity index (χ1) is 12.9. The number of hydrogen-bond donors (Lipinski definition) is 1. The number of nitrogens with one attached hydrogen (secondary N) is 1. The Balaban J connectivity index is 1.97. The van der Waals surface area contributed by atoms with Gasteiger partial charge >= 0.3 is 5.97 Å². The van der Waals surface area contributed by atoms with Crippen molar-refractivity contribution in [3.63, 3.8) is 0 Å². The molecule has 0 radical (unpaired) electrons. The van der Waals surface area contributed by atoms with Gasteiger partial charge in [-0.2, -0.15) is 9.78 Å². The van der Waals surface area contributed by atoms with Crippen LogP contribution >= 0.6 is 22.9 Å². The molecule has 7 nitrogen and oxygen atoms in total. The summed E-state index contributed by atoms with van der Waals surface area (Å²) in [4.78, 5) is 30.1. The zero-order chi connectivity index (χ0) is 19.6. The van der Waals surface area contributed by atoms with E-state index >= 15 is 0 Å². The Hall–Kier alpha value is -2.71. The van der Waals surface area contributed by atoms with Crippen molar-refractivity contribution in [2.45, 2.75) is 19.9 Å². The minimum atomic E-state index is -0.564. The lowest BCUT2D eigenvalue weighted by Crippen LogP contribution is -2.25. The van der Waals surface area contributed by atoms with E-state index < -0.39 is 11.5 Å². The van der Waals surface area contributed by atoms with Gasteiger partial charge in [-0.05, 0) is 26.0 Å². The van der Waals surface area contributed by atoms with Gasteiger partial charge < -0.3 is 10.1 Å². The molecule has 2 aromatic heterocycles. The van der Waals surface area contributed by atoms with Crippen LogP contribution in [0.4, 0.5) is 5.69 Å². The van der Waals surface area contributed by atoms with Crippen molar-refractivity contribution in [2.24, 2.45) is 0 Å². The van der Waals surface area contributed by atoms with Crippen LogP contribution in [0.1, 0.15) is 33.2 Å². The smallest absolute Gasteiger partial charge is 0.340 e. The topological polar surface area (TPSA) is 86.1 Å². The molecule has 3 rings (SSSR count). The lowest BCUT2D eigenvalue weighted by molar-refractivity contribution is 0.0600. The molecule has 3 aromatic rings. The summed E-state index contributed by atoms with van der Waals surface area (Å²) >= 11 is 7.84. The Morgan fingerprint density at radius 3 is 2.74 bits per heavy atom. The number of methoxy groups -OCH3 is 1. The van der Waals surface area contributed by atoms with E-state index in [-0.39, 0.29) is 16.6 Å². The summed E-state index contributed by atoms with van der Waals surface area (Å²) in [7, 11) is 1.27. The first kappa shape index (κ1) is 19.1. The predicted octanol–water partition coefficient (Wildman–Crippen LogP) is 3.61. The molecule has 1 atom stereocenters. The molecule has 9 heteroatoms. The highest BCUT2D eigenvalue weighted by Crippen LogP contribution is 2.26. The highest BCUT2D eigenvalue weighted by atomic mass is 35.5. The fourth-order valence-electron chi connectivity index (χ4n) is 2.51. The van der Waals surface area contributed by atoms with Crippen LogP contribution in [0.3, 0.4) is 0 Å². The van der Waals surface area contributed by atoms with E-state index in [1.807, 2.05) is 13.8 Å². The number of esters is 1. The predicted molar refractivity (Wildman–Crippen MR) is 105 cm³/mol. The largest absolute Gasteiger partial charge is 0.465 e. The van der Waals surface area contributed by atoms with Crippen LogP contribution in [0.2, 0.25) is 5.02 Å². The number of nitrogens with zero attached hydrogens (tertiary/aromatic N) is 3. The lowest BCUT2D eigenvalue weighted by Gasteiger charge is -2.15. The molecule has 0 saturated carbocycles. The fourth-order valence-corrected chi connectivity index (χ4v) is 3.47. The van der Waals surface area contributed by atoms with Gasteiger partial charge in [0.15, 0.2) is 0 Å². The van der Waals surface area contributed by atoms with E-state index in [1.165, 1.54) is 13.3 Å². The van der Waals surface area contributed by atoms with Crippen LogP contribution in [-0.2, 0) is 4.74 Å². The summed E-state index contributed by atoms with van der Waals surface area (Å²) in [6.45, 7) is 3.90. The van der Waals surface area contributed by atoms with Gasteiger partial charge in [-0.3, -0.25) is 4.79 Å². The molecule has 0 aliphatic heterocycles. The quantitative estimate of drug-likeness (QED) is 0.654. The molecule has 1 N–H and O–H groups in total. The zero-order valence-electron chi connectivity index (χ0n) is 14.9. The fraction of sp³-hybridized carbons (Fsp3) is 0.222. The number of ether oxygens (including phenoxy) is 1. The van der Waals surface area contributed by atoms with E-state index in [1.54, 1.807) is 41.8 Å². The Labute approximate surface area is 164 Å². The average Bonchev–Trinajstić information content (AvgIpc) is 3.11. The molecule has 0 saturated heterocycles. The standard InChI is InChI=1S/C18H17ClN4O3S/c1-10-8-20-16(27-10)11(2)22-13-9-21-23(17(24)15(13)19)14-7-5-4-6-12(14)18(25)26-3/h4-9,11,22H,1-3H3. The first-order valence-corrected chi connectivity index (χ1v) is 9.26. The summed E-state index contributed by atoms with van der Waals surface area (Å²) < 4.78 is 5.84. The monoisotopic (exact) mass is 404 g/mol. The molecular formula is C18H17ClN4O3S. The molecule has 0 aliphatic carbocycles. The molecule has 1 aromatic carbocycles. The second kappa shape index (κ2) is 7.89. The van der Waals surface area contributed by atoms with Crippen molar-refractivity contribution < 1.29 is 9.53 Å². The minimum absolute atomic E-state index is 0.0233. The molecule has 0 amide bonds. The molecular weight excluding hydrogens is 388 g/mol. The number of carbonyl (C=O) groups excluding carboxylic acids is 1. The number of carbonyl (C=O) groups is 1. The Kier molecular flexibility index (Phi) is 5.57. The Bertz CT molecular complexity index is 1050. The zero-order valence-corrected chi connectivity index (χ0v) is 16.5. The number of anilines is 1. The summed E-state index contributed by atoms with van der Waals surface area (Å²) in [5, 5.41) is 8.18. The minimum Gasteiger partial charge on any atom is -0.465 e. The van der Waals surface area contributed by atoms with Gasteiger partial charge in [0, 0.05) is 11.1 Å². The van der Waals surface area contributed by atoms with E-state index in [0.29, 0.717) is 11.4 Å². The molecule has 140 valence electrons. The Morgan fingerprint density at radius 2 is 2.07 bits per heavy atom. The number of para-hydroxylation sites is 1. The molecule has 0 aliphatic rings. The van der Waals surface area contributed by atoms with Crippen molar-refractivity contribution in [1.82, 2.24) is 14.8 Å². The Morgan fingerprint density at radius 1 is 1.33 bits per heavy atom. The highest BCUT2D eigenvalue weighted by Gasteiger charge is 2.18. The first-order valence-electron chi connectivity index (χ1n) is 8.06. The maximum Gasteiger partial charge on any atom is 0.340 e. The third-order valence-electron chi connectivity index (χ3n) is 3.84. The number of benzene rings is 1. The molecule has 1 unspecified atom stereocenters. The molecule has 0 fully saturated rings. The van der Waals surface area contributed by atoms with Crippen molar-refractivity contribution >= 4 is 34.6 Å². The third kappa shape index (κ3) is 3.86. The van der Waals surface area contributed by atoms with E-state index in [2.05, 4.69) is 15.4 Å². The van der Waals surface area contributed by atoms with Crippen molar-refractivity contribution in [3.8, 4) is 5.69 Å². The van der Waals surface area contributed by atoms with Crippen molar-refractivity contribution in [2.75, 3.05) is 12.4 Å². The van der Waals surface area contributed by atoms with Gasteiger partial charge in [-0.25, -0.2) is 9.78 Å². The van der Waals surface area contributed by atoms with Gasteiger partial charge in [0.1, 0.15) is 10.0 Å². The summed E-state index contributed by atoms with van der Waals surface area (Å²) in [6.07, 6.45) is 3.24. The van der Waals surface area contributed by atoms with E-state index in [9.17, 15) is 9.59 Å². The van der Waals surface area contributed by atoms with E-state index in [0.717, 1.165) is 14.6 Å². The van der Waals surface area contributed by atoms with Crippen LogP contribution in [0.25, 0.3) is 5.69 Å². The number of rotatable bonds is 5. The molecule has 2 heterocycles. The average molecular weight is 405 g/mol. The second-order valence-electron chi connectivity index (χ2n) is 5.77. The van der Waals surface area contributed by atoms with E-state index in [4.69, 9.17) is 16.3 Å². The van der Waals surface area contributed by atoms with Gasteiger partial charge in [0.05, 0.1) is 36.3 Å². The van der Waals surface area contributed by atoms with Crippen molar-refractivity contribution in [3.05, 3.63) is 67.5 Å². The number of hydrogen-bond acceptors (Lipinski definition) is 7. The maximum atomic E-state index is 12.7. The normalized spacial score (nSPS) is 11.9. The molecule has 0 bridgehead atoms. The van der Waals surface area contributed by atoms with Crippen LogP contribution in [0.15, 0.2) is 41.5 Å². The van der Waals surface area contributed by atoms with Crippen LogP contribution < -0.4 is 10.9 Å². The van der Waals surface area contributed by atoms with Crippen molar-refractivity contribution in [1.29, 1.82) is 0 Å².